The van der Waals surface area contributed by atoms with Crippen LogP contribution in [0, 0.1) is 56.7 Å². The van der Waals surface area contributed by atoms with Crippen LogP contribution >= 0.6 is 0 Å². The molecule has 6 heteroatoms. The summed E-state index contributed by atoms with van der Waals surface area (Å²) in [6.45, 7) is 27.7. The van der Waals surface area contributed by atoms with Gasteiger partial charge in [0.25, 0.3) is 5.69 Å². The van der Waals surface area contributed by atoms with E-state index in [1.165, 1.54) is 12.1 Å². The van der Waals surface area contributed by atoms with Gasteiger partial charge in [-0.2, -0.15) is 0 Å². The number of non-ortho nitro benzene ring substituents is 1. The summed E-state index contributed by atoms with van der Waals surface area (Å²) in [5, 5.41) is 11.3. The molecule has 0 saturated heterocycles. The van der Waals surface area contributed by atoms with Crippen molar-refractivity contribution in [3.05, 3.63) is 80.9 Å². The molecule has 0 unspecified atom stereocenters. The number of hydrogen-bond donors (Lipinski definition) is 0. The van der Waals surface area contributed by atoms with E-state index in [0.29, 0.717) is 50.0 Å². The second kappa shape index (κ2) is 17.5. The molecule has 4 nitrogen and oxygen atoms in total. The molecule has 254 valence electrons. The lowest BCUT2D eigenvalue weighted by Gasteiger charge is -2.38. The molecule has 0 fully saturated rings. The molecule has 0 spiro atoms. The molecule has 0 aliphatic heterocycles. The van der Waals surface area contributed by atoms with Crippen LogP contribution in [0.2, 0.25) is 33.2 Å². The number of anilines is 1. The van der Waals surface area contributed by atoms with Crippen LogP contribution in [0.5, 0.6) is 0 Å². The molecule has 0 amide bonds. The van der Waals surface area contributed by atoms with E-state index in [9.17, 15) is 10.1 Å². The highest BCUT2D eigenvalue weighted by atomic mass is 28.3. The Morgan fingerprint density at radius 2 is 0.875 bits per heavy atom. The van der Waals surface area contributed by atoms with Crippen molar-refractivity contribution < 1.29 is 4.92 Å². The Bertz CT molecular complexity index is 1660. The smallest absolute Gasteiger partial charge is 0.269 e. The first-order chi connectivity index (χ1) is 22.4. The Kier molecular flexibility index (Phi) is 14.6. The topological polar surface area (TPSA) is 46.4 Å². The Balaban J connectivity index is 3.10. The molecule has 0 radical (unpaired) electrons. The van der Waals surface area contributed by atoms with Gasteiger partial charge in [0.05, 0.1) is 16.1 Å². The molecule has 0 aliphatic rings. The Morgan fingerprint density at radius 3 is 1.15 bits per heavy atom. The summed E-state index contributed by atoms with van der Waals surface area (Å²) in [7, 11) is -0.169. The van der Waals surface area contributed by atoms with E-state index in [0.717, 1.165) is 11.3 Å². The molecule has 0 bridgehead atoms. The van der Waals surface area contributed by atoms with Gasteiger partial charge < -0.3 is 4.90 Å². The SMILES string of the molecule is CC(C)[Si](C#C/C(C#Cc1ccc(N(C)C)cc1)=C(/C#Cc1ccc([N+](=O)[O-])cc1)C#C[Si](C(C)C)(C(C)C)C(C)C)(C(C)C)C(C)C. The molecule has 0 saturated carbocycles. The molecule has 0 aliphatic carbocycles. The van der Waals surface area contributed by atoms with Crippen molar-refractivity contribution >= 4 is 27.5 Å². The molecule has 48 heavy (non-hydrogen) atoms. The molecule has 2 aromatic carbocycles. The van der Waals surface area contributed by atoms with Crippen LogP contribution in [0.15, 0.2) is 59.7 Å². The lowest BCUT2D eigenvalue weighted by atomic mass is 10.1. The first-order valence-electron chi connectivity index (χ1n) is 17.3. The molecule has 2 aromatic rings. The van der Waals surface area contributed by atoms with Crippen LogP contribution in [-0.4, -0.2) is 35.2 Å². The quantitative estimate of drug-likeness (QED) is 0.121. The van der Waals surface area contributed by atoms with Crippen LogP contribution in [-0.2, 0) is 0 Å². The molecule has 0 heterocycles. The average molecular weight is 677 g/mol. The maximum absolute atomic E-state index is 11.3. The predicted octanol–water partition coefficient (Wildman–Crippen LogP) is 10.8. The van der Waals surface area contributed by atoms with Gasteiger partial charge in [-0.1, -0.05) is 119 Å². The highest BCUT2D eigenvalue weighted by molar-refractivity contribution is 6.91. The number of nitro benzene ring substituents is 1. The maximum Gasteiger partial charge on any atom is 0.269 e. The first-order valence-corrected chi connectivity index (χ1v) is 21.7. The highest BCUT2D eigenvalue weighted by Crippen LogP contribution is 2.42. The Hall–Kier alpha value is -3.95. The van der Waals surface area contributed by atoms with Crippen LogP contribution < -0.4 is 4.90 Å². The number of allylic oxidation sites excluding steroid dienone is 2. The second-order valence-corrected chi connectivity index (χ2v) is 25.9. The number of hydrogen-bond acceptors (Lipinski definition) is 3. The van der Waals surface area contributed by atoms with Gasteiger partial charge in [-0.15, -0.1) is 11.1 Å². The van der Waals surface area contributed by atoms with Gasteiger partial charge in [0.1, 0.15) is 16.1 Å². The lowest BCUT2D eigenvalue weighted by Crippen LogP contribution is -2.43. The molecular formula is C42H56N2O2Si2. The van der Waals surface area contributed by atoms with Crippen LogP contribution in [0.4, 0.5) is 11.4 Å². The van der Waals surface area contributed by atoms with Gasteiger partial charge in [-0.3, -0.25) is 10.1 Å². The third kappa shape index (κ3) is 9.57. The van der Waals surface area contributed by atoms with Gasteiger partial charge in [0.15, 0.2) is 0 Å². The van der Waals surface area contributed by atoms with Crippen molar-refractivity contribution in [2.24, 2.45) is 0 Å². The van der Waals surface area contributed by atoms with Gasteiger partial charge in [-0.25, -0.2) is 0 Å². The summed E-state index contributed by atoms with van der Waals surface area (Å²) in [5.41, 5.74) is 14.5. The number of rotatable bonds is 8. The standard InChI is InChI=1S/C42H56N2O2Si2/c1-31(2)47(32(3)4,33(5)6)29-27-39(21-15-37-17-23-41(24-18-37)43(13)14)40(22-16-38-19-25-42(26-20-38)44(45)46)28-30-48(34(7)8,35(9)10)36(11)12/h17-20,23-26,31-36H,1-14H3/b40-39-. The summed E-state index contributed by atoms with van der Waals surface area (Å²) in [5.74, 6) is 20.7. The van der Waals surface area contributed by atoms with E-state index >= 15 is 0 Å². The number of nitrogens with zero attached hydrogens (tertiary/aromatic N) is 2. The lowest BCUT2D eigenvalue weighted by molar-refractivity contribution is -0.384. The predicted molar refractivity (Wildman–Crippen MR) is 212 cm³/mol. The summed E-state index contributed by atoms with van der Waals surface area (Å²) in [6.07, 6.45) is 0. The Labute approximate surface area is 294 Å². The highest BCUT2D eigenvalue weighted by Gasteiger charge is 2.42. The minimum Gasteiger partial charge on any atom is -0.378 e. The van der Waals surface area contributed by atoms with Crippen molar-refractivity contribution in [2.45, 2.75) is 116 Å². The minimum atomic E-state index is -2.11. The van der Waals surface area contributed by atoms with E-state index in [2.05, 4.69) is 147 Å². The van der Waals surface area contributed by atoms with Gasteiger partial charge in [0, 0.05) is 43.0 Å². The number of benzene rings is 2. The number of nitro groups is 1. The molecule has 2 rings (SSSR count). The van der Waals surface area contributed by atoms with E-state index in [1.807, 2.05) is 26.2 Å². The summed E-state index contributed by atoms with van der Waals surface area (Å²) in [4.78, 5) is 12.9. The van der Waals surface area contributed by atoms with Crippen molar-refractivity contribution in [3.8, 4) is 46.6 Å². The van der Waals surface area contributed by atoms with E-state index in [-0.39, 0.29) is 5.69 Å². The van der Waals surface area contributed by atoms with Gasteiger partial charge in [0.2, 0.25) is 0 Å². The molecule has 0 atom stereocenters. The van der Waals surface area contributed by atoms with Crippen molar-refractivity contribution in [2.75, 3.05) is 19.0 Å². The summed E-state index contributed by atoms with van der Waals surface area (Å²) >= 11 is 0. The fraction of sp³-hybridized carbons (Fsp3) is 0.476. The fourth-order valence-electron chi connectivity index (χ4n) is 7.30. The Morgan fingerprint density at radius 1 is 0.562 bits per heavy atom. The fourth-order valence-corrected chi connectivity index (χ4v) is 17.7. The zero-order valence-electron chi connectivity index (χ0n) is 31.8. The van der Waals surface area contributed by atoms with Gasteiger partial charge in [-0.05, 0) is 69.6 Å². The molecule has 0 N–H and O–H groups in total. The average Bonchev–Trinajstić information content (AvgIpc) is 3.00. The molecule has 0 aromatic heterocycles. The zero-order chi connectivity index (χ0) is 36.4. The third-order valence-corrected chi connectivity index (χ3v) is 22.5. The van der Waals surface area contributed by atoms with Crippen molar-refractivity contribution in [3.63, 3.8) is 0 Å². The zero-order valence-corrected chi connectivity index (χ0v) is 33.8. The van der Waals surface area contributed by atoms with E-state index in [4.69, 9.17) is 0 Å². The monoisotopic (exact) mass is 676 g/mol. The normalized spacial score (nSPS) is 12.1. The van der Waals surface area contributed by atoms with Crippen LogP contribution in [0.25, 0.3) is 0 Å². The van der Waals surface area contributed by atoms with Crippen LogP contribution in [0.1, 0.15) is 94.2 Å². The van der Waals surface area contributed by atoms with E-state index in [1.54, 1.807) is 12.1 Å². The van der Waals surface area contributed by atoms with E-state index < -0.39 is 21.1 Å². The third-order valence-electron chi connectivity index (χ3n) is 9.92. The minimum absolute atomic E-state index is 0.0350. The van der Waals surface area contributed by atoms with Crippen LogP contribution in [0.3, 0.4) is 0 Å². The summed E-state index contributed by atoms with van der Waals surface area (Å²) < 4.78 is 0. The maximum atomic E-state index is 11.3. The largest absolute Gasteiger partial charge is 0.378 e. The van der Waals surface area contributed by atoms with Crippen molar-refractivity contribution in [1.82, 2.24) is 0 Å². The first kappa shape index (κ1) is 40.2. The molecular weight excluding hydrogens is 621 g/mol. The summed E-state index contributed by atoms with van der Waals surface area (Å²) in [6, 6.07) is 14.5. The van der Waals surface area contributed by atoms with Gasteiger partial charge >= 0.3 is 0 Å². The van der Waals surface area contributed by atoms with Crippen molar-refractivity contribution in [1.29, 1.82) is 0 Å². The second-order valence-electron chi connectivity index (χ2n) is 14.8.